The minimum absolute atomic E-state index is 0.143. The summed E-state index contributed by atoms with van der Waals surface area (Å²) in [5.74, 6) is 1.63. The number of piperidine rings is 1. The molecule has 0 N–H and O–H groups in total. The van der Waals surface area contributed by atoms with Crippen LogP contribution in [0.3, 0.4) is 0 Å². The van der Waals surface area contributed by atoms with Crippen LogP contribution < -0.4 is 4.74 Å². The Labute approximate surface area is 169 Å². The highest BCUT2D eigenvalue weighted by Crippen LogP contribution is 2.44. The van der Waals surface area contributed by atoms with E-state index < -0.39 is 0 Å². The first-order valence-electron chi connectivity index (χ1n) is 11.0. The van der Waals surface area contributed by atoms with E-state index in [1.165, 1.54) is 37.7 Å². The van der Waals surface area contributed by atoms with Gasteiger partial charge in [0.05, 0.1) is 13.7 Å². The molecule has 3 atom stereocenters. The van der Waals surface area contributed by atoms with Crippen molar-refractivity contribution in [2.75, 3.05) is 26.8 Å². The van der Waals surface area contributed by atoms with E-state index in [1.54, 1.807) is 7.11 Å². The van der Waals surface area contributed by atoms with Gasteiger partial charge in [-0.3, -0.25) is 4.90 Å². The number of rotatable bonds is 4. The number of benzene rings is 1. The number of carbonyl (C=O) groups is 1. The number of carbonyl (C=O) groups excluding carboxylic acids is 1. The topological polar surface area (TPSA) is 42.0 Å². The van der Waals surface area contributed by atoms with Crippen LogP contribution >= 0.6 is 0 Å². The number of hydrogen-bond donors (Lipinski definition) is 0. The minimum Gasteiger partial charge on any atom is -0.496 e. The SMILES string of the molecule is CCOC(=O)N1CCC(N2C3CCC(c4ccccc4OC)CC2CC3)CC1. The number of methoxy groups -OCH3 is 1. The van der Waals surface area contributed by atoms with Crippen molar-refractivity contribution in [2.24, 2.45) is 0 Å². The van der Waals surface area contributed by atoms with Crippen LogP contribution in [0.4, 0.5) is 4.79 Å². The predicted molar refractivity (Wildman–Crippen MR) is 110 cm³/mol. The molecule has 3 unspecified atom stereocenters. The monoisotopic (exact) mass is 386 g/mol. The van der Waals surface area contributed by atoms with Crippen molar-refractivity contribution in [3.63, 3.8) is 0 Å². The van der Waals surface area contributed by atoms with Gasteiger partial charge in [0.25, 0.3) is 0 Å². The molecule has 1 aromatic carbocycles. The van der Waals surface area contributed by atoms with Crippen LogP contribution in [0.25, 0.3) is 0 Å². The second-order valence-electron chi connectivity index (χ2n) is 8.50. The van der Waals surface area contributed by atoms with E-state index in [-0.39, 0.29) is 6.09 Å². The Bertz CT molecular complexity index is 672. The molecular weight excluding hydrogens is 352 g/mol. The van der Waals surface area contributed by atoms with E-state index >= 15 is 0 Å². The number of fused-ring (bicyclic) bond motifs is 2. The smallest absolute Gasteiger partial charge is 0.409 e. The lowest BCUT2D eigenvalue weighted by atomic mass is 9.85. The highest BCUT2D eigenvalue weighted by Gasteiger charge is 2.43. The van der Waals surface area contributed by atoms with E-state index in [1.807, 2.05) is 11.8 Å². The lowest BCUT2D eigenvalue weighted by molar-refractivity contribution is 0.0562. The van der Waals surface area contributed by atoms with Crippen LogP contribution in [-0.4, -0.2) is 60.8 Å². The van der Waals surface area contributed by atoms with Gasteiger partial charge in [-0.25, -0.2) is 4.79 Å². The molecule has 0 aromatic heterocycles. The molecular formula is C23H34N2O3. The third kappa shape index (κ3) is 3.86. The first kappa shape index (κ1) is 19.6. The average molecular weight is 387 g/mol. The van der Waals surface area contributed by atoms with Crippen molar-refractivity contribution in [1.82, 2.24) is 9.80 Å². The van der Waals surface area contributed by atoms with Gasteiger partial charge in [-0.1, -0.05) is 18.2 Å². The summed E-state index contributed by atoms with van der Waals surface area (Å²) in [6.07, 6.45) is 8.41. The molecule has 0 radical (unpaired) electrons. The Hall–Kier alpha value is -1.75. The number of likely N-dealkylation sites (tertiary alicyclic amines) is 1. The van der Waals surface area contributed by atoms with Gasteiger partial charge in [-0.05, 0) is 69.4 Å². The molecule has 0 aliphatic carbocycles. The van der Waals surface area contributed by atoms with Crippen LogP contribution in [0.5, 0.6) is 5.75 Å². The summed E-state index contributed by atoms with van der Waals surface area (Å²) < 4.78 is 10.8. The van der Waals surface area contributed by atoms with Gasteiger partial charge < -0.3 is 14.4 Å². The number of para-hydroxylation sites is 1. The number of nitrogens with zero attached hydrogens (tertiary/aromatic N) is 2. The number of hydrogen-bond acceptors (Lipinski definition) is 4. The van der Waals surface area contributed by atoms with Gasteiger partial charge in [0.15, 0.2) is 0 Å². The maximum Gasteiger partial charge on any atom is 0.409 e. The van der Waals surface area contributed by atoms with Gasteiger partial charge in [0.1, 0.15) is 5.75 Å². The predicted octanol–water partition coefficient (Wildman–Crippen LogP) is 4.42. The average Bonchev–Trinajstić information content (AvgIpc) is 3.02. The van der Waals surface area contributed by atoms with Crippen molar-refractivity contribution in [2.45, 2.75) is 75.9 Å². The maximum absolute atomic E-state index is 12.0. The molecule has 3 heterocycles. The molecule has 2 bridgehead atoms. The lowest BCUT2D eigenvalue weighted by Crippen LogP contribution is -2.50. The summed E-state index contributed by atoms with van der Waals surface area (Å²) in [5, 5.41) is 0. The zero-order valence-corrected chi connectivity index (χ0v) is 17.3. The maximum atomic E-state index is 12.0. The molecule has 28 heavy (non-hydrogen) atoms. The Morgan fingerprint density at radius 1 is 1.00 bits per heavy atom. The van der Waals surface area contributed by atoms with Crippen molar-refractivity contribution >= 4 is 6.09 Å². The number of amides is 1. The minimum atomic E-state index is -0.143. The molecule has 5 heteroatoms. The molecule has 3 aliphatic rings. The zero-order valence-electron chi connectivity index (χ0n) is 17.3. The van der Waals surface area contributed by atoms with Crippen LogP contribution in [0.1, 0.15) is 63.4 Å². The molecule has 1 amide bonds. The van der Waals surface area contributed by atoms with Crippen LogP contribution in [-0.2, 0) is 4.74 Å². The number of ether oxygens (including phenoxy) is 2. The van der Waals surface area contributed by atoms with Gasteiger partial charge in [0, 0.05) is 31.2 Å². The molecule has 0 saturated carbocycles. The summed E-state index contributed by atoms with van der Waals surface area (Å²) in [6.45, 7) is 3.99. The fourth-order valence-electron chi connectivity index (χ4n) is 5.80. The molecule has 154 valence electrons. The summed E-state index contributed by atoms with van der Waals surface area (Å²) in [4.78, 5) is 16.7. The van der Waals surface area contributed by atoms with Crippen LogP contribution in [0.15, 0.2) is 24.3 Å². The molecule has 1 aromatic rings. The Morgan fingerprint density at radius 2 is 1.68 bits per heavy atom. The molecule has 3 aliphatic heterocycles. The highest BCUT2D eigenvalue weighted by molar-refractivity contribution is 5.67. The fraction of sp³-hybridized carbons (Fsp3) is 0.696. The Balaban J connectivity index is 1.43. The van der Waals surface area contributed by atoms with Gasteiger partial charge >= 0.3 is 6.09 Å². The van der Waals surface area contributed by atoms with Crippen molar-refractivity contribution in [3.05, 3.63) is 29.8 Å². The largest absolute Gasteiger partial charge is 0.496 e. The molecule has 3 fully saturated rings. The fourth-order valence-corrected chi connectivity index (χ4v) is 5.80. The molecule has 0 spiro atoms. The van der Waals surface area contributed by atoms with E-state index in [0.29, 0.717) is 30.7 Å². The summed E-state index contributed by atoms with van der Waals surface area (Å²) >= 11 is 0. The van der Waals surface area contributed by atoms with Gasteiger partial charge in [-0.15, -0.1) is 0 Å². The van der Waals surface area contributed by atoms with Gasteiger partial charge in [-0.2, -0.15) is 0 Å². The highest BCUT2D eigenvalue weighted by atomic mass is 16.6. The van der Waals surface area contributed by atoms with E-state index in [9.17, 15) is 4.79 Å². The zero-order chi connectivity index (χ0) is 19.5. The summed E-state index contributed by atoms with van der Waals surface area (Å²) in [6, 6.07) is 10.6. The van der Waals surface area contributed by atoms with Crippen LogP contribution in [0.2, 0.25) is 0 Å². The van der Waals surface area contributed by atoms with E-state index in [2.05, 4.69) is 29.2 Å². The molecule has 4 rings (SSSR count). The normalized spacial score (nSPS) is 28.8. The standard InChI is InChI=1S/C23H34N2O3/c1-3-28-23(26)24-14-12-19(13-15-24)25-18-9-8-17(16-20(25)11-10-18)21-6-4-5-7-22(21)27-2/h4-7,17-20H,3,8-16H2,1-2H3. The first-order valence-corrected chi connectivity index (χ1v) is 11.0. The molecule has 3 saturated heterocycles. The Kier molecular flexibility index (Phi) is 6.10. The summed E-state index contributed by atoms with van der Waals surface area (Å²) in [5.41, 5.74) is 1.38. The van der Waals surface area contributed by atoms with Gasteiger partial charge in [0.2, 0.25) is 0 Å². The van der Waals surface area contributed by atoms with Crippen molar-refractivity contribution < 1.29 is 14.3 Å². The van der Waals surface area contributed by atoms with Crippen molar-refractivity contribution in [1.29, 1.82) is 0 Å². The molecule has 5 nitrogen and oxygen atoms in total. The second-order valence-corrected chi connectivity index (χ2v) is 8.50. The third-order valence-corrected chi connectivity index (χ3v) is 7.07. The van der Waals surface area contributed by atoms with Crippen LogP contribution in [0, 0.1) is 0 Å². The van der Waals surface area contributed by atoms with E-state index in [0.717, 1.165) is 31.7 Å². The third-order valence-electron chi connectivity index (χ3n) is 7.07. The first-order chi connectivity index (χ1) is 13.7. The quantitative estimate of drug-likeness (QED) is 0.768. The Morgan fingerprint density at radius 3 is 2.43 bits per heavy atom. The summed E-state index contributed by atoms with van der Waals surface area (Å²) in [7, 11) is 1.78. The second kappa shape index (κ2) is 8.73. The van der Waals surface area contributed by atoms with Crippen molar-refractivity contribution in [3.8, 4) is 5.75 Å². The van der Waals surface area contributed by atoms with E-state index in [4.69, 9.17) is 9.47 Å². The lowest BCUT2D eigenvalue weighted by Gasteiger charge is -2.41.